The Morgan fingerprint density at radius 3 is 2.56 bits per heavy atom. The highest BCUT2D eigenvalue weighted by Crippen LogP contribution is 2.22. The molecule has 0 aliphatic carbocycles. The number of hydrogen-bond donors (Lipinski definition) is 0. The average molecular weight is 344 g/mol. The molecule has 0 atom stereocenters. The second-order valence-electron chi connectivity index (χ2n) is 6.13. The predicted molar refractivity (Wildman–Crippen MR) is 90.1 cm³/mol. The lowest BCUT2D eigenvalue weighted by Gasteiger charge is -2.31. The van der Waals surface area contributed by atoms with Crippen LogP contribution in [0.3, 0.4) is 0 Å². The van der Waals surface area contributed by atoms with E-state index in [0.29, 0.717) is 32.2 Å². The van der Waals surface area contributed by atoms with E-state index >= 15 is 0 Å². The van der Waals surface area contributed by atoms with Crippen LogP contribution in [0, 0.1) is 16.0 Å². The molecular formula is C18H20N2O5. The fourth-order valence-corrected chi connectivity index (χ4v) is 2.92. The van der Waals surface area contributed by atoms with E-state index in [2.05, 4.69) is 0 Å². The van der Waals surface area contributed by atoms with Gasteiger partial charge in [0.1, 0.15) is 4.92 Å². The normalized spacial score (nSPS) is 15.3. The van der Waals surface area contributed by atoms with Gasteiger partial charge < -0.3 is 14.1 Å². The predicted octanol–water partition coefficient (Wildman–Crippen LogP) is 3.26. The molecule has 1 fully saturated rings. The number of amides is 1. The summed E-state index contributed by atoms with van der Waals surface area (Å²) in [5.41, 5.74) is 1.15. The van der Waals surface area contributed by atoms with E-state index in [1.165, 1.54) is 12.1 Å². The van der Waals surface area contributed by atoms with Crippen molar-refractivity contribution in [3.05, 3.63) is 63.9 Å². The Balaban J connectivity index is 1.43. The molecule has 0 N–H and O–H groups in total. The molecule has 2 aromatic rings. The Labute approximate surface area is 145 Å². The van der Waals surface area contributed by atoms with Crippen LogP contribution >= 0.6 is 0 Å². The van der Waals surface area contributed by atoms with Crippen molar-refractivity contribution >= 4 is 11.8 Å². The molecule has 132 valence electrons. The Hall–Kier alpha value is -2.67. The van der Waals surface area contributed by atoms with E-state index in [-0.39, 0.29) is 11.7 Å². The summed E-state index contributed by atoms with van der Waals surface area (Å²) < 4.78 is 10.8. The van der Waals surface area contributed by atoms with E-state index in [1.807, 2.05) is 30.3 Å². The standard InChI is InChI=1S/C18H20N2O5/c21-18(16-6-7-17(25-16)20(22)23)19-10-8-15(9-11-19)13-24-12-14-4-2-1-3-5-14/h1-7,15H,8-13H2. The first kappa shape index (κ1) is 17.2. The van der Waals surface area contributed by atoms with E-state index in [0.717, 1.165) is 18.4 Å². The van der Waals surface area contributed by atoms with Crippen molar-refractivity contribution in [1.82, 2.24) is 4.90 Å². The summed E-state index contributed by atoms with van der Waals surface area (Å²) in [6, 6.07) is 12.6. The van der Waals surface area contributed by atoms with E-state index in [4.69, 9.17) is 9.15 Å². The van der Waals surface area contributed by atoms with E-state index in [9.17, 15) is 14.9 Å². The number of nitrogens with zero attached hydrogens (tertiary/aromatic N) is 2. The van der Waals surface area contributed by atoms with Crippen molar-refractivity contribution in [2.75, 3.05) is 19.7 Å². The van der Waals surface area contributed by atoms with Gasteiger partial charge in [-0.3, -0.25) is 14.9 Å². The molecule has 1 saturated heterocycles. The molecule has 7 heteroatoms. The summed E-state index contributed by atoms with van der Waals surface area (Å²) in [7, 11) is 0. The number of likely N-dealkylation sites (tertiary alicyclic amines) is 1. The maximum absolute atomic E-state index is 12.3. The molecule has 25 heavy (non-hydrogen) atoms. The monoisotopic (exact) mass is 344 g/mol. The van der Waals surface area contributed by atoms with Gasteiger partial charge in [-0.05, 0) is 30.4 Å². The van der Waals surface area contributed by atoms with Crippen LogP contribution in [0.25, 0.3) is 0 Å². The van der Waals surface area contributed by atoms with Gasteiger partial charge in [0.15, 0.2) is 5.76 Å². The van der Waals surface area contributed by atoms with Gasteiger partial charge >= 0.3 is 5.88 Å². The third kappa shape index (κ3) is 4.45. The highest BCUT2D eigenvalue weighted by molar-refractivity contribution is 5.91. The molecular weight excluding hydrogens is 324 g/mol. The molecule has 0 radical (unpaired) electrons. The van der Waals surface area contributed by atoms with Gasteiger partial charge in [0, 0.05) is 19.7 Å². The number of carbonyl (C=O) groups is 1. The van der Waals surface area contributed by atoms with Crippen molar-refractivity contribution in [3.8, 4) is 0 Å². The molecule has 7 nitrogen and oxygen atoms in total. The van der Waals surface area contributed by atoms with Gasteiger partial charge in [-0.2, -0.15) is 0 Å². The summed E-state index contributed by atoms with van der Waals surface area (Å²) in [6.07, 6.45) is 1.70. The topological polar surface area (TPSA) is 85.8 Å². The summed E-state index contributed by atoms with van der Waals surface area (Å²) in [6.45, 7) is 2.47. The maximum Gasteiger partial charge on any atom is 0.433 e. The first-order valence-corrected chi connectivity index (χ1v) is 8.28. The lowest BCUT2D eigenvalue weighted by Crippen LogP contribution is -2.39. The summed E-state index contributed by atoms with van der Waals surface area (Å²) in [4.78, 5) is 24.0. The molecule has 1 aromatic heterocycles. The van der Waals surface area contributed by atoms with Crippen molar-refractivity contribution in [2.24, 2.45) is 5.92 Å². The Bertz CT molecular complexity index is 720. The minimum atomic E-state index is -0.646. The molecule has 0 saturated carbocycles. The third-order valence-electron chi connectivity index (χ3n) is 4.35. The minimum Gasteiger partial charge on any atom is -0.395 e. The summed E-state index contributed by atoms with van der Waals surface area (Å²) >= 11 is 0. The van der Waals surface area contributed by atoms with Crippen molar-refractivity contribution in [1.29, 1.82) is 0 Å². The molecule has 1 aromatic carbocycles. The Kier molecular flexibility index (Phi) is 5.45. The number of piperidine rings is 1. The van der Waals surface area contributed by atoms with E-state index < -0.39 is 10.8 Å². The Morgan fingerprint density at radius 1 is 1.20 bits per heavy atom. The van der Waals surface area contributed by atoms with Gasteiger partial charge in [-0.1, -0.05) is 30.3 Å². The molecule has 2 heterocycles. The number of carbonyl (C=O) groups excluding carboxylic acids is 1. The van der Waals surface area contributed by atoms with Crippen LogP contribution < -0.4 is 0 Å². The highest BCUT2D eigenvalue weighted by atomic mass is 16.6. The molecule has 0 unspecified atom stereocenters. The molecule has 1 aliphatic rings. The second kappa shape index (κ2) is 7.94. The number of nitro groups is 1. The molecule has 1 aliphatic heterocycles. The Morgan fingerprint density at radius 2 is 1.92 bits per heavy atom. The van der Waals surface area contributed by atoms with Gasteiger partial charge in [0.2, 0.25) is 0 Å². The van der Waals surface area contributed by atoms with Gasteiger partial charge in [-0.25, -0.2) is 0 Å². The van der Waals surface area contributed by atoms with Crippen molar-refractivity contribution < 1.29 is 18.9 Å². The number of rotatable bonds is 6. The zero-order valence-corrected chi connectivity index (χ0v) is 13.8. The molecule has 0 bridgehead atoms. The number of hydrogen-bond acceptors (Lipinski definition) is 5. The van der Waals surface area contributed by atoms with E-state index in [1.54, 1.807) is 4.90 Å². The minimum absolute atomic E-state index is 0.0190. The van der Waals surface area contributed by atoms with Crippen LogP contribution in [-0.2, 0) is 11.3 Å². The van der Waals surface area contributed by atoms with Gasteiger partial charge in [0.25, 0.3) is 5.91 Å². The zero-order chi connectivity index (χ0) is 17.6. The average Bonchev–Trinajstić information content (AvgIpc) is 3.13. The largest absolute Gasteiger partial charge is 0.433 e. The first-order chi connectivity index (χ1) is 12.1. The van der Waals surface area contributed by atoms with Crippen LogP contribution in [0.5, 0.6) is 0 Å². The van der Waals surface area contributed by atoms with Crippen LogP contribution in [0.1, 0.15) is 29.0 Å². The zero-order valence-electron chi connectivity index (χ0n) is 13.8. The van der Waals surface area contributed by atoms with Crippen LogP contribution in [0.15, 0.2) is 46.9 Å². The third-order valence-corrected chi connectivity index (χ3v) is 4.35. The highest BCUT2D eigenvalue weighted by Gasteiger charge is 2.27. The van der Waals surface area contributed by atoms with Crippen molar-refractivity contribution in [2.45, 2.75) is 19.4 Å². The lowest BCUT2D eigenvalue weighted by atomic mass is 9.97. The molecule has 3 rings (SSSR count). The maximum atomic E-state index is 12.3. The molecule has 0 spiro atoms. The van der Waals surface area contributed by atoms with Gasteiger partial charge in [-0.15, -0.1) is 0 Å². The van der Waals surface area contributed by atoms with Crippen LogP contribution in [-0.4, -0.2) is 35.4 Å². The van der Waals surface area contributed by atoms with Crippen molar-refractivity contribution in [3.63, 3.8) is 0 Å². The van der Waals surface area contributed by atoms with Crippen LogP contribution in [0.2, 0.25) is 0 Å². The van der Waals surface area contributed by atoms with Gasteiger partial charge in [0.05, 0.1) is 12.7 Å². The number of benzene rings is 1. The summed E-state index contributed by atoms with van der Waals surface area (Å²) in [5.74, 6) is -0.270. The van der Waals surface area contributed by atoms with Crippen LogP contribution in [0.4, 0.5) is 5.88 Å². The fourth-order valence-electron chi connectivity index (χ4n) is 2.92. The number of ether oxygens (including phenoxy) is 1. The second-order valence-corrected chi connectivity index (χ2v) is 6.13. The fraction of sp³-hybridized carbons (Fsp3) is 0.389. The molecule has 1 amide bonds. The lowest BCUT2D eigenvalue weighted by molar-refractivity contribution is -0.402. The SMILES string of the molecule is O=C(c1ccc([N+](=O)[O-])o1)N1CCC(COCc2ccccc2)CC1. The number of furan rings is 1. The smallest absolute Gasteiger partial charge is 0.395 e. The first-order valence-electron chi connectivity index (χ1n) is 8.28. The summed E-state index contributed by atoms with van der Waals surface area (Å²) in [5, 5.41) is 10.6. The quantitative estimate of drug-likeness (QED) is 0.593.